The van der Waals surface area contributed by atoms with Crippen LogP contribution < -0.4 is 16.6 Å². The predicted molar refractivity (Wildman–Crippen MR) is 71.1 cm³/mol. The molecule has 0 radical (unpaired) electrons. The van der Waals surface area contributed by atoms with E-state index in [1.165, 1.54) is 18.3 Å². The Hall–Kier alpha value is -2.98. The lowest BCUT2D eigenvalue weighted by molar-refractivity contribution is 0.102. The molecule has 1 amide bonds. The summed E-state index contributed by atoms with van der Waals surface area (Å²) < 4.78 is 13.0. The maximum atomic E-state index is 13.0. The largest absolute Gasteiger partial charge is 0.321 e. The highest BCUT2D eigenvalue weighted by Crippen LogP contribution is 2.18. The number of nitrogen functional groups attached to an aromatic ring is 1. The van der Waals surface area contributed by atoms with Gasteiger partial charge in [0.05, 0.1) is 16.8 Å². The van der Waals surface area contributed by atoms with Gasteiger partial charge in [0.2, 0.25) is 0 Å². The number of hydrazine groups is 1. The number of nitrogens with one attached hydrogen (secondary N) is 2. The van der Waals surface area contributed by atoms with Crippen LogP contribution in [-0.2, 0) is 0 Å². The summed E-state index contributed by atoms with van der Waals surface area (Å²) in [6.45, 7) is 0. The number of hydrogen-bond donors (Lipinski definition) is 3. The van der Waals surface area contributed by atoms with Crippen molar-refractivity contribution in [2.45, 2.75) is 0 Å². The summed E-state index contributed by atoms with van der Waals surface area (Å²) >= 11 is 0. The summed E-state index contributed by atoms with van der Waals surface area (Å²) in [5, 5.41) is 11.4. The van der Waals surface area contributed by atoms with Gasteiger partial charge in [-0.25, -0.2) is 15.2 Å². The fourth-order valence-electron chi connectivity index (χ4n) is 1.61. The van der Waals surface area contributed by atoms with E-state index in [2.05, 4.69) is 15.7 Å². The molecule has 2 rings (SSSR count). The molecule has 7 heteroatoms. The Morgan fingerprint density at radius 3 is 2.90 bits per heavy atom. The van der Waals surface area contributed by atoms with Crippen LogP contribution in [0.5, 0.6) is 0 Å². The van der Waals surface area contributed by atoms with Crippen LogP contribution in [0.4, 0.5) is 15.9 Å². The molecule has 4 N–H and O–H groups in total. The third-order valence-electron chi connectivity index (χ3n) is 2.54. The highest BCUT2D eigenvalue weighted by molar-refractivity contribution is 6.07. The van der Waals surface area contributed by atoms with E-state index in [-0.39, 0.29) is 22.6 Å². The van der Waals surface area contributed by atoms with Crippen molar-refractivity contribution in [3.8, 4) is 6.07 Å². The normalized spacial score (nSPS) is 9.65. The van der Waals surface area contributed by atoms with Gasteiger partial charge in [0, 0.05) is 6.20 Å². The molecule has 1 aromatic heterocycles. The zero-order valence-electron chi connectivity index (χ0n) is 10.2. The molecule has 0 saturated carbocycles. The van der Waals surface area contributed by atoms with Gasteiger partial charge in [0.25, 0.3) is 5.91 Å². The molecule has 0 unspecified atom stereocenters. The number of nitrogens with two attached hydrogens (primary N) is 1. The van der Waals surface area contributed by atoms with Gasteiger partial charge in [-0.3, -0.25) is 4.79 Å². The Morgan fingerprint density at radius 1 is 1.40 bits per heavy atom. The lowest BCUT2D eigenvalue weighted by Gasteiger charge is -2.09. The van der Waals surface area contributed by atoms with Crippen LogP contribution in [0.25, 0.3) is 0 Å². The van der Waals surface area contributed by atoms with Crippen LogP contribution in [0.15, 0.2) is 36.5 Å². The fourth-order valence-corrected chi connectivity index (χ4v) is 1.61. The molecule has 0 bridgehead atoms. The summed E-state index contributed by atoms with van der Waals surface area (Å²) in [4.78, 5) is 16.0. The van der Waals surface area contributed by atoms with Crippen molar-refractivity contribution in [1.82, 2.24) is 4.98 Å². The van der Waals surface area contributed by atoms with E-state index in [9.17, 15) is 9.18 Å². The maximum Gasteiger partial charge on any atom is 0.259 e. The molecule has 1 heterocycles. The van der Waals surface area contributed by atoms with Gasteiger partial charge in [0.15, 0.2) is 5.82 Å². The van der Waals surface area contributed by atoms with Gasteiger partial charge in [-0.05, 0) is 30.3 Å². The Morgan fingerprint density at radius 2 is 2.20 bits per heavy atom. The molecule has 0 aliphatic rings. The SMILES string of the molecule is N#Cc1cc(F)ccc1NC(=O)c1cccnc1NN. The molecule has 2 aromatic rings. The third kappa shape index (κ3) is 2.71. The maximum absolute atomic E-state index is 13.0. The van der Waals surface area contributed by atoms with Gasteiger partial charge in [-0.1, -0.05) is 0 Å². The quantitative estimate of drug-likeness (QED) is 0.581. The van der Waals surface area contributed by atoms with E-state index in [1.54, 1.807) is 6.07 Å². The number of halogens is 1. The minimum atomic E-state index is -0.551. The second kappa shape index (κ2) is 5.77. The van der Waals surface area contributed by atoms with E-state index < -0.39 is 11.7 Å². The molecule has 0 saturated heterocycles. The lowest BCUT2D eigenvalue weighted by Crippen LogP contribution is -2.18. The van der Waals surface area contributed by atoms with Crippen molar-refractivity contribution in [2.24, 2.45) is 5.84 Å². The third-order valence-corrected chi connectivity index (χ3v) is 2.54. The van der Waals surface area contributed by atoms with E-state index in [4.69, 9.17) is 11.1 Å². The number of benzene rings is 1. The minimum absolute atomic E-state index is 0.0319. The van der Waals surface area contributed by atoms with Gasteiger partial charge < -0.3 is 10.7 Å². The summed E-state index contributed by atoms with van der Waals surface area (Å²) in [5.41, 5.74) is 2.76. The first-order valence-corrected chi connectivity index (χ1v) is 5.58. The molecule has 6 nitrogen and oxygen atoms in total. The van der Waals surface area contributed by atoms with Crippen molar-refractivity contribution < 1.29 is 9.18 Å². The minimum Gasteiger partial charge on any atom is -0.321 e. The Bertz CT molecular complexity index is 695. The summed E-state index contributed by atoms with van der Waals surface area (Å²) in [7, 11) is 0. The summed E-state index contributed by atoms with van der Waals surface area (Å²) in [6, 6.07) is 8.42. The number of anilines is 2. The second-order valence-corrected chi connectivity index (χ2v) is 3.80. The standard InChI is InChI=1S/C13H10FN5O/c14-9-3-4-11(8(6-9)7-15)18-13(20)10-2-1-5-17-12(10)19-16/h1-6H,16H2,(H,17,19)(H,18,20). The number of nitrogens with zero attached hydrogens (tertiary/aromatic N) is 2. The zero-order chi connectivity index (χ0) is 14.5. The van der Waals surface area contributed by atoms with Crippen molar-refractivity contribution in [1.29, 1.82) is 5.26 Å². The van der Waals surface area contributed by atoms with E-state index >= 15 is 0 Å². The predicted octanol–water partition coefficient (Wildman–Crippen LogP) is 1.63. The number of nitriles is 1. The summed E-state index contributed by atoms with van der Waals surface area (Å²) in [6.07, 6.45) is 1.48. The number of carbonyl (C=O) groups excluding carboxylic acids is 1. The molecule has 100 valence electrons. The molecule has 20 heavy (non-hydrogen) atoms. The smallest absolute Gasteiger partial charge is 0.259 e. The van der Waals surface area contributed by atoms with Crippen LogP contribution in [-0.4, -0.2) is 10.9 Å². The number of amides is 1. The molecule has 0 atom stereocenters. The van der Waals surface area contributed by atoms with Crippen molar-refractivity contribution >= 4 is 17.4 Å². The number of rotatable bonds is 3. The number of aromatic nitrogens is 1. The second-order valence-electron chi connectivity index (χ2n) is 3.80. The molecular formula is C13H10FN5O. The van der Waals surface area contributed by atoms with Crippen molar-refractivity contribution in [2.75, 3.05) is 10.7 Å². The average molecular weight is 271 g/mol. The topological polar surface area (TPSA) is 104 Å². The highest BCUT2D eigenvalue weighted by atomic mass is 19.1. The van der Waals surface area contributed by atoms with E-state index in [1.807, 2.05) is 6.07 Å². The van der Waals surface area contributed by atoms with Crippen molar-refractivity contribution in [3.05, 3.63) is 53.5 Å². The Balaban J connectivity index is 2.31. The number of carbonyl (C=O) groups is 1. The zero-order valence-corrected chi connectivity index (χ0v) is 10.2. The number of pyridine rings is 1. The molecule has 0 spiro atoms. The molecule has 0 aliphatic carbocycles. The monoisotopic (exact) mass is 271 g/mol. The summed E-state index contributed by atoms with van der Waals surface area (Å²) in [5.74, 6) is 4.41. The Kier molecular flexibility index (Phi) is 3.88. The van der Waals surface area contributed by atoms with Crippen LogP contribution >= 0.6 is 0 Å². The van der Waals surface area contributed by atoms with Gasteiger partial charge in [0.1, 0.15) is 11.9 Å². The van der Waals surface area contributed by atoms with Gasteiger partial charge in [-0.15, -0.1) is 0 Å². The lowest BCUT2D eigenvalue weighted by atomic mass is 10.1. The van der Waals surface area contributed by atoms with Gasteiger partial charge in [-0.2, -0.15) is 5.26 Å². The van der Waals surface area contributed by atoms with Crippen LogP contribution in [0.3, 0.4) is 0 Å². The average Bonchev–Trinajstić information content (AvgIpc) is 2.48. The molecular weight excluding hydrogens is 261 g/mol. The fraction of sp³-hybridized carbons (Fsp3) is 0. The van der Waals surface area contributed by atoms with Crippen LogP contribution in [0, 0.1) is 17.1 Å². The van der Waals surface area contributed by atoms with E-state index in [0.29, 0.717) is 0 Å². The first kappa shape index (κ1) is 13.5. The van der Waals surface area contributed by atoms with Crippen LogP contribution in [0.1, 0.15) is 15.9 Å². The van der Waals surface area contributed by atoms with Gasteiger partial charge >= 0.3 is 0 Å². The van der Waals surface area contributed by atoms with Crippen LogP contribution in [0.2, 0.25) is 0 Å². The number of hydrogen-bond acceptors (Lipinski definition) is 5. The molecule has 1 aromatic carbocycles. The first-order valence-electron chi connectivity index (χ1n) is 5.58. The van der Waals surface area contributed by atoms with Crippen molar-refractivity contribution in [3.63, 3.8) is 0 Å². The highest BCUT2D eigenvalue weighted by Gasteiger charge is 2.13. The first-order chi connectivity index (χ1) is 9.65. The Labute approximate surface area is 114 Å². The van der Waals surface area contributed by atoms with E-state index in [0.717, 1.165) is 12.1 Å². The molecule has 0 aliphatic heterocycles. The molecule has 0 fully saturated rings.